The number of hydrogen-bond acceptors (Lipinski definition) is 2. The summed E-state index contributed by atoms with van der Waals surface area (Å²) < 4.78 is 27.4. The second-order valence-electron chi connectivity index (χ2n) is 4.11. The largest absolute Gasteiger partial charge is 0.292 e. The molecule has 0 amide bonds. The molecule has 0 bridgehead atoms. The maximum absolute atomic E-state index is 13.6. The molecule has 0 aliphatic rings. The molecule has 1 atom stereocenters. The van der Waals surface area contributed by atoms with Gasteiger partial charge in [-0.15, -0.1) is 0 Å². The highest BCUT2D eigenvalue weighted by Gasteiger charge is 2.24. The van der Waals surface area contributed by atoms with Crippen LogP contribution in [0.4, 0.5) is 8.78 Å². The second-order valence-corrected chi connectivity index (χ2v) is 5.02. The van der Waals surface area contributed by atoms with Gasteiger partial charge in [0.15, 0.2) is 5.78 Å². The summed E-state index contributed by atoms with van der Waals surface area (Å²) in [6.07, 6.45) is 0. The summed E-state index contributed by atoms with van der Waals surface area (Å²) in [5, 5.41) is 9.16. The lowest BCUT2D eigenvalue weighted by Gasteiger charge is -2.10. The molecule has 5 heteroatoms. The van der Waals surface area contributed by atoms with Crippen molar-refractivity contribution < 1.29 is 13.6 Å². The Labute approximate surface area is 122 Å². The van der Waals surface area contributed by atoms with Gasteiger partial charge in [0.1, 0.15) is 17.6 Å². The van der Waals surface area contributed by atoms with Crippen molar-refractivity contribution in [3.05, 3.63) is 69.7 Å². The Bertz CT molecular complexity index is 709. The van der Waals surface area contributed by atoms with Gasteiger partial charge in [0.25, 0.3) is 0 Å². The molecule has 0 spiro atoms. The van der Waals surface area contributed by atoms with Crippen LogP contribution in [-0.4, -0.2) is 5.78 Å². The number of Topliss-reactive ketones (excluding diaryl/α,β-unsaturated/α-hetero) is 1. The third-order valence-corrected chi connectivity index (χ3v) is 3.26. The first-order valence-corrected chi connectivity index (χ1v) is 6.46. The van der Waals surface area contributed by atoms with E-state index in [2.05, 4.69) is 15.9 Å². The fraction of sp³-hybridized carbons (Fsp3) is 0.0667. The predicted octanol–water partition coefficient (Wildman–Crippen LogP) is 4.22. The monoisotopic (exact) mass is 335 g/mol. The summed E-state index contributed by atoms with van der Waals surface area (Å²) in [7, 11) is 0. The molecule has 0 fully saturated rings. The zero-order chi connectivity index (χ0) is 14.7. The van der Waals surface area contributed by atoms with Crippen molar-refractivity contribution in [3.8, 4) is 6.07 Å². The Morgan fingerprint density at radius 3 is 2.60 bits per heavy atom. The molecule has 0 saturated carbocycles. The Morgan fingerprint density at radius 1 is 1.20 bits per heavy atom. The molecule has 0 saturated heterocycles. The summed E-state index contributed by atoms with van der Waals surface area (Å²) in [6.45, 7) is 0. The van der Waals surface area contributed by atoms with Crippen LogP contribution in [0.2, 0.25) is 0 Å². The normalized spacial score (nSPS) is 11.7. The average Bonchev–Trinajstić information content (AvgIpc) is 2.42. The van der Waals surface area contributed by atoms with E-state index < -0.39 is 28.9 Å². The summed E-state index contributed by atoms with van der Waals surface area (Å²) in [5.74, 6) is -3.50. The molecule has 2 nitrogen and oxygen atoms in total. The Morgan fingerprint density at radius 2 is 1.95 bits per heavy atom. The summed E-state index contributed by atoms with van der Waals surface area (Å²) in [5.41, 5.74) is 0.00654. The van der Waals surface area contributed by atoms with Gasteiger partial charge < -0.3 is 0 Å². The maximum atomic E-state index is 13.6. The van der Waals surface area contributed by atoms with Crippen LogP contribution in [0.15, 0.2) is 46.9 Å². The molecule has 0 N–H and O–H groups in total. The van der Waals surface area contributed by atoms with E-state index in [4.69, 9.17) is 5.26 Å². The smallest absolute Gasteiger partial charge is 0.187 e. The van der Waals surface area contributed by atoms with E-state index in [1.54, 1.807) is 24.3 Å². The number of ketones is 1. The number of benzene rings is 2. The highest BCUT2D eigenvalue weighted by atomic mass is 79.9. The van der Waals surface area contributed by atoms with Crippen LogP contribution < -0.4 is 0 Å². The van der Waals surface area contributed by atoms with Gasteiger partial charge in [0, 0.05) is 4.47 Å². The molecule has 20 heavy (non-hydrogen) atoms. The average molecular weight is 336 g/mol. The molecule has 0 aromatic heterocycles. The van der Waals surface area contributed by atoms with Crippen molar-refractivity contribution in [2.24, 2.45) is 0 Å². The van der Waals surface area contributed by atoms with Crippen molar-refractivity contribution in [1.29, 1.82) is 5.26 Å². The molecule has 0 heterocycles. The fourth-order valence-electron chi connectivity index (χ4n) is 1.81. The molecule has 0 radical (unpaired) electrons. The van der Waals surface area contributed by atoms with Gasteiger partial charge in [-0.25, -0.2) is 8.78 Å². The lowest BCUT2D eigenvalue weighted by molar-refractivity contribution is 0.0974. The van der Waals surface area contributed by atoms with Crippen LogP contribution in [0.3, 0.4) is 0 Å². The van der Waals surface area contributed by atoms with Gasteiger partial charge in [-0.05, 0) is 35.9 Å². The molecular formula is C15H8BrF2NO. The Balaban J connectivity index is 2.45. The zero-order valence-corrected chi connectivity index (χ0v) is 11.7. The number of carbonyl (C=O) groups excluding carboxylic acids is 1. The number of halogens is 3. The minimum absolute atomic E-state index is 0.420. The number of nitrogens with zero attached hydrogens (tertiary/aromatic N) is 1. The Hall–Kier alpha value is -2.06. The molecule has 2 aromatic carbocycles. The van der Waals surface area contributed by atoms with Crippen molar-refractivity contribution in [2.75, 3.05) is 0 Å². The van der Waals surface area contributed by atoms with Crippen LogP contribution in [-0.2, 0) is 0 Å². The van der Waals surface area contributed by atoms with Crippen LogP contribution in [0, 0.1) is 23.0 Å². The number of carbonyl (C=O) groups is 1. The van der Waals surface area contributed by atoms with Crippen LogP contribution in [0.1, 0.15) is 21.8 Å². The van der Waals surface area contributed by atoms with Crippen molar-refractivity contribution in [2.45, 2.75) is 5.92 Å². The van der Waals surface area contributed by atoms with Gasteiger partial charge in [-0.2, -0.15) is 5.26 Å². The topological polar surface area (TPSA) is 40.9 Å². The van der Waals surface area contributed by atoms with Gasteiger partial charge in [0.2, 0.25) is 0 Å². The van der Waals surface area contributed by atoms with Gasteiger partial charge in [0.05, 0.1) is 11.6 Å². The van der Waals surface area contributed by atoms with Crippen LogP contribution in [0.25, 0.3) is 0 Å². The molecule has 100 valence electrons. The summed E-state index contributed by atoms with van der Waals surface area (Å²) >= 11 is 3.24. The van der Waals surface area contributed by atoms with E-state index in [0.717, 1.165) is 18.2 Å². The second kappa shape index (κ2) is 5.93. The molecular weight excluding hydrogens is 328 g/mol. The molecule has 0 aliphatic carbocycles. The number of rotatable bonds is 3. The first-order chi connectivity index (χ1) is 9.52. The van der Waals surface area contributed by atoms with Crippen LogP contribution in [0.5, 0.6) is 0 Å². The number of nitriles is 1. The van der Waals surface area contributed by atoms with E-state index in [1.807, 2.05) is 6.07 Å². The number of hydrogen-bond donors (Lipinski definition) is 0. The van der Waals surface area contributed by atoms with E-state index in [0.29, 0.717) is 10.0 Å². The summed E-state index contributed by atoms with van der Waals surface area (Å²) in [6, 6.07) is 11.0. The molecule has 2 rings (SSSR count). The van der Waals surface area contributed by atoms with Crippen molar-refractivity contribution >= 4 is 21.7 Å². The third kappa shape index (κ3) is 2.91. The van der Waals surface area contributed by atoms with Gasteiger partial charge >= 0.3 is 0 Å². The van der Waals surface area contributed by atoms with Gasteiger partial charge in [-0.1, -0.05) is 28.1 Å². The lowest BCUT2D eigenvalue weighted by Crippen LogP contribution is -2.13. The van der Waals surface area contributed by atoms with Crippen molar-refractivity contribution in [3.63, 3.8) is 0 Å². The molecule has 2 aromatic rings. The van der Waals surface area contributed by atoms with E-state index in [1.165, 1.54) is 0 Å². The first-order valence-electron chi connectivity index (χ1n) is 5.67. The third-order valence-electron chi connectivity index (χ3n) is 2.77. The zero-order valence-electron chi connectivity index (χ0n) is 10.1. The molecule has 1 unspecified atom stereocenters. The fourth-order valence-corrected chi connectivity index (χ4v) is 2.23. The Kier molecular flexibility index (Phi) is 4.26. The van der Waals surface area contributed by atoms with Crippen LogP contribution >= 0.6 is 15.9 Å². The van der Waals surface area contributed by atoms with E-state index >= 15 is 0 Å². The highest BCUT2D eigenvalue weighted by molar-refractivity contribution is 9.10. The first kappa shape index (κ1) is 14.4. The molecule has 0 aliphatic heterocycles. The summed E-state index contributed by atoms with van der Waals surface area (Å²) in [4.78, 5) is 12.2. The predicted molar refractivity (Wildman–Crippen MR) is 73.2 cm³/mol. The van der Waals surface area contributed by atoms with E-state index in [-0.39, 0.29) is 0 Å². The quantitative estimate of drug-likeness (QED) is 0.788. The maximum Gasteiger partial charge on any atom is 0.187 e. The standard InChI is InChI=1S/C15H8BrF2NO/c16-10-3-1-2-9(6-10)13(8-19)15(20)12-7-11(17)4-5-14(12)18/h1-7,13H. The van der Waals surface area contributed by atoms with Gasteiger partial charge in [-0.3, -0.25) is 4.79 Å². The minimum atomic E-state index is -1.18. The van der Waals surface area contributed by atoms with Crippen molar-refractivity contribution in [1.82, 2.24) is 0 Å². The highest BCUT2D eigenvalue weighted by Crippen LogP contribution is 2.24. The minimum Gasteiger partial charge on any atom is -0.292 e. The SMILES string of the molecule is N#CC(C(=O)c1cc(F)ccc1F)c1cccc(Br)c1. The lowest BCUT2D eigenvalue weighted by atomic mass is 9.91. The van der Waals surface area contributed by atoms with E-state index in [9.17, 15) is 13.6 Å².